The molecule has 0 atom stereocenters. The molecule has 7 heteroatoms. The van der Waals surface area contributed by atoms with Gasteiger partial charge in [0, 0.05) is 16.9 Å². The minimum atomic E-state index is -4.39. The van der Waals surface area contributed by atoms with E-state index in [2.05, 4.69) is 5.32 Å². The summed E-state index contributed by atoms with van der Waals surface area (Å²) < 4.78 is 32.4. The number of rotatable bonds is 5. The maximum absolute atomic E-state index is 12.2. The molecule has 0 heterocycles. The Kier molecular flexibility index (Phi) is 5.58. The number of carbonyl (C=O) groups excluding carboxylic acids is 1. The number of carbonyl (C=O) groups is 1. The van der Waals surface area contributed by atoms with Crippen molar-refractivity contribution in [3.05, 3.63) is 89.5 Å². The van der Waals surface area contributed by atoms with Crippen molar-refractivity contribution < 1.29 is 17.8 Å². The van der Waals surface area contributed by atoms with Gasteiger partial charge in [0.15, 0.2) is 0 Å². The lowest BCUT2D eigenvalue weighted by Crippen LogP contribution is -2.11. The molecule has 0 aromatic heterocycles. The second kappa shape index (κ2) is 8.08. The first-order valence-electron chi connectivity index (χ1n) is 8.34. The van der Waals surface area contributed by atoms with Crippen molar-refractivity contribution in [1.29, 1.82) is 0 Å². The van der Waals surface area contributed by atoms with Crippen LogP contribution in [0.15, 0.2) is 77.7 Å². The van der Waals surface area contributed by atoms with Gasteiger partial charge in [-0.25, -0.2) is 0 Å². The van der Waals surface area contributed by atoms with Crippen LogP contribution in [0.1, 0.15) is 21.5 Å². The van der Waals surface area contributed by atoms with Crippen LogP contribution in [0.3, 0.4) is 0 Å². The van der Waals surface area contributed by atoms with Gasteiger partial charge in [0.1, 0.15) is 4.90 Å². The van der Waals surface area contributed by atoms with Gasteiger partial charge < -0.3 is 11.1 Å². The van der Waals surface area contributed by atoms with Crippen LogP contribution < -0.4 is 11.1 Å². The van der Waals surface area contributed by atoms with Gasteiger partial charge in [-0.2, -0.15) is 8.42 Å². The van der Waals surface area contributed by atoms with E-state index in [-0.39, 0.29) is 16.5 Å². The summed E-state index contributed by atoms with van der Waals surface area (Å²) in [6.07, 6.45) is 3.27. The topological polar surface area (TPSA) is 109 Å². The predicted octanol–water partition coefficient (Wildman–Crippen LogP) is 3.94. The lowest BCUT2D eigenvalue weighted by molar-refractivity contribution is 0.102. The molecule has 0 spiro atoms. The number of anilines is 2. The highest BCUT2D eigenvalue weighted by atomic mass is 32.2. The number of nitrogens with two attached hydrogens (primary N) is 1. The second-order valence-electron chi connectivity index (χ2n) is 6.05. The molecule has 6 nitrogen and oxygen atoms in total. The molecule has 1 amide bonds. The molecular weight excluding hydrogens is 376 g/mol. The Balaban J connectivity index is 1.76. The molecule has 0 aliphatic carbocycles. The molecule has 0 saturated carbocycles. The van der Waals surface area contributed by atoms with Gasteiger partial charge in [-0.1, -0.05) is 48.6 Å². The lowest BCUT2D eigenvalue weighted by atomic mass is 10.1. The Bertz CT molecular complexity index is 1120. The molecular formula is C21H18N2O4S. The van der Waals surface area contributed by atoms with Gasteiger partial charge in [0.05, 0.1) is 0 Å². The highest BCUT2D eigenvalue weighted by Gasteiger charge is 2.14. The summed E-state index contributed by atoms with van der Waals surface area (Å²) in [5, 5.41) is 2.81. The normalized spacial score (nSPS) is 11.5. The molecule has 3 rings (SSSR count). The molecule has 4 N–H and O–H groups in total. The molecule has 0 unspecified atom stereocenters. The fourth-order valence-electron chi connectivity index (χ4n) is 2.57. The fourth-order valence-corrected chi connectivity index (χ4v) is 3.29. The van der Waals surface area contributed by atoms with E-state index >= 15 is 0 Å². The number of benzene rings is 3. The SMILES string of the molecule is Nc1ccc(/C=C/c2ccc(NC(=O)c3ccccc3)cc2)c(S(=O)(=O)O)c1. The summed E-state index contributed by atoms with van der Waals surface area (Å²) in [6.45, 7) is 0. The molecule has 0 saturated heterocycles. The largest absolute Gasteiger partial charge is 0.399 e. The van der Waals surface area contributed by atoms with Crippen LogP contribution in [-0.2, 0) is 10.1 Å². The Morgan fingerprint density at radius 3 is 2.25 bits per heavy atom. The average Bonchev–Trinajstić information content (AvgIpc) is 2.68. The van der Waals surface area contributed by atoms with E-state index in [1.807, 2.05) is 6.07 Å². The molecule has 0 aliphatic heterocycles. The van der Waals surface area contributed by atoms with Gasteiger partial charge >= 0.3 is 0 Å². The highest BCUT2D eigenvalue weighted by Crippen LogP contribution is 2.22. The smallest absolute Gasteiger partial charge is 0.295 e. The summed E-state index contributed by atoms with van der Waals surface area (Å²) in [5.74, 6) is -0.205. The Morgan fingerprint density at radius 2 is 1.61 bits per heavy atom. The minimum absolute atomic E-state index is 0.205. The number of amides is 1. The van der Waals surface area contributed by atoms with Gasteiger partial charge in [-0.15, -0.1) is 0 Å². The zero-order valence-corrected chi connectivity index (χ0v) is 15.6. The maximum atomic E-state index is 12.2. The zero-order chi connectivity index (χ0) is 20.1. The minimum Gasteiger partial charge on any atom is -0.399 e. The third kappa shape index (κ3) is 4.85. The molecule has 3 aromatic rings. The first kappa shape index (κ1) is 19.3. The fraction of sp³-hybridized carbons (Fsp3) is 0. The molecule has 0 bridgehead atoms. The Morgan fingerprint density at radius 1 is 0.929 bits per heavy atom. The van der Waals surface area contributed by atoms with Gasteiger partial charge in [0.25, 0.3) is 16.0 Å². The van der Waals surface area contributed by atoms with Crippen molar-refractivity contribution in [3.63, 3.8) is 0 Å². The van der Waals surface area contributed by atoms with Crippen molar-refractivity contribution >= 4 is 39.6 Å². The van der Waals surface area contributed by atoms with E-state index in [1.165, 1.54) is 12.1 Å². The quantitative estimate of drug-likeness (QED) is 0.345. The zero-order valence-electron chi connectivity index (χ0n) is 14.7. The van der Waals surface area contributed by atoms with E-state index in [0.717, 1.165) is 5.56 Å². The first-order valence-corrected chi connectivity index (χ1v) is 9.78. The van der Waals surface area contributed by atoms with Crippen LogP contribution in [0.5, 0.6) is 0 Å². The standard InChI is InChI=1S/C21H18N2O4S/c22-18-11-10-16(20(14-18)28(25,26)27)9-6-15-7-12-19(13-8-15)23-21(24)17-4-2-1-3-5-17/h1-14H,22H2,(H,23,24)(H,25,26,27)/b9-6+. The van der Waals surface area contributed by atoms with Gasteiger partial charge in [-0.3, -0.25) is 9.35 Å². The van der Waals surface area contributed by atoms with Crippen LogP contribution in [-0.4, -0.2) is 18.9 Å². The van der Waals surface area contributed by atoms with Crippen molar-refractivity contribution in [2.24, 2.45) is 0 Å². The van der Waals surface area contributed by atoms with Crippen molar-refractivity contribution in [1.82, 2.24) is 0 Å². The highest BCUT2D eigenvalue weighted by molar-refractivity contribution is 7.86. The summed E-state index contributed by atoms with van der Waals surface area (Å²) in [7, 11) is -4.39. The Labute approximate surface area is 163 Å². The van der Waals surface area contributed by atoms with E-state index < -0.39 is 10.1 Å². The maximum Gasteiger partial charge on any atom is 0.295 e. The summed E-state index contributed by atoms with van der Waals surface area (Å²) in [4.78, 5) is 11.9. The van der Waals surface area contributed by atoms with Crippen LogP contribution in [0.2, 0.25) is 0 Å². The monoisotopic (exact) mass is 394 g/mol. The van der Waals surface area contributed by atoms with Crippen molar-refractivity contribution in [3.8, 4) is 0 Å². The van der Waals surface area contributed by atoms with Crippen molar-refractivity contribution in [2.75, 3.05) is 11.1 Å². The molecule has 0 aliphatic rings. The molecule has 28 heavy (non-hydrogen) atoms. The second-order valence-corrected chi connectivity index (χ2v) is 7.44. The van der Waals surface area contributed by atoms with Crippen LogP contribution in [0.25, 0.3) is 12.2 Å². The first-order chi connectivity index (χ1) is 13.3. The van der Waals surface area contributed by atoms with E-state index in [9.17, 15) is 17.8 Å². The van der Waals surface area contributed by atoms with E-state index in [0.29, 0.717) is 16.8 Å². The lowest BCUT2D eigenvalue weighted by Gasteiger charge is -2.06. The molecule has 3 aromatic carbocycles. The molecule has 0 fully saturated rings. The third-order valence-electron chi connectivity index (χ3n) is 3.98. The molecule has 0 radical (unpaired) electrons. The van der Waals surface area contributed by atoms with Crippen LogP contribution in [0, 0.1) is 0 Å². The van der Waals surface area contributed by atoms with Gasteiger partial charge in [-0.05, 0) is 47.5 Å². The third-order valence-corrected chi connectivity index (χ3v) is 4.88. The summed E-state index contributed by atoms with van der Waals surface area (Å²) >= 11 is 0. The van der Waals surface area contributed by atoms with Crippen LogP contribution >= 0.6 is 0 Å². The molecule has 142 valence electrons. The van der Waals surface area contributed by atoms with Crippen molar-refractivity contribution in [2.45, 2.75) is 4.90 Å². The average molecular weight is 394 g/mol. The number of nitrogen functional groups attached to an aromatic ring is 1. The summed E-state index contributed by atoms with van der Waals surface area (Å²) in [5.41, 5.74) is 8.14. The summed E-state index contributed by atoms with van der Waals surface area (Å²) in [6, 6.07) is 20.2. The van der Waals surface area contributed by atoms with Crippen LogP contribution in [0.4, 0.5) is 11.4 Å². The predicted molar refractivity (Wildman–Crippen MR) is 110 cm³/mol. The van der Waals surface area contributed by atoms with Gasteiger partial charge in [0.2, 0.25) is 0 Å². The van der Waals surface area contributed by atoms with E-state index in [1.54, 1.807) is 66.7 Å². The Hall–Kier alpha value is -3.42. The van der Waals surface area contributed by atoms with E-state index in [4.69, 9.17) is 5.73 Å². The number of hydrogen-bond donors (Lipinski definition) is 3. The number of nitrogens with one attached hydrogen (secondary N) is 1. The number of hydrogen-bond acceptors (Lipinski definition) is 4.